The summed E-state index contributed by atoms with van der Waals surface area (Å²) < 4.78 is 1.57. The second-order valence-electron chi connectivity index (χ2n) is 3.60. The third kappa shape index (κ3) is 3.17. The highest BCUT2D eigenvalue weighted by molar-refractivity contribution is 5.92. The van der Waals surface area contributed by atoms with Crippen molar-refractivity contribution in [2.24, 2.45) is 0 Å². The summed E-state index contributed by atoms with van der Waals surface area (Å²) in [4.78, 5) is 30.5. The van der Waals surface area contributed by atoms with Crippen molar-refractivity contribution in [1.82, 2.24) is 15.0 Å². The Morgan fingerprint density at radius 1 is 1.32 bits per heavy atom. The van der Waals surface area contributed by atoms with E-state index >= 15 is 0 Å². The van der Waals surface area contributed by atoms with E-state index in [-0.39, 0.29) is 5.69 Å². The minimum Gasteiger partial charge on any atom is -0.479 e. The number of para-hydroxylation sites is 1. The van der Waals surface area contributed by atoms with Crippen LogP contribution in [0.5, 0.6) is 0 Å². The van der Waals surface area contributed by atoms with Gasteiger partial charge in [0.05, 0.1) is 12.5 Å². The Morgan fingerprint density at radius 2 is 2.05 bits per heavy atom. The molecule has 0 saturated carbocycles. The van der Waals surface area contributed by atoms with Gasteiger partial charge in [-0.25, -0.2) is 15.3 Å². The smallest absolute Gasteiger partial charge is 0.332 e. The zero-order valence-corrected chi connectivity index (χ0v) is 9.81. The molecule has 0 fully saturated rings. The monoisotopic (exact) mass is 261 g/mol. The maximum absolute atomic E-state index is 11.8. The third-order valence-electron chi connectivity index (χ3n) is 2.27. The largest absolute Gasteiger partial charge is 0.479 e. The highest BCUT2D eigenvalue weighted by Crippen LogP contribution is 2.10. The summed E-state index contributed by atoms with van der Waals surface area (Å²) in [6.45, 7) is -0.606. The van der Waals surface area contributed by atoms with Gasteiger partial charge in [-0.05, 0) is 12.1 Å². The van der Waals surface area contributed by atoms with Crippen LogP contribution in [0.2, 0.25) is 0 Å². The normalized spacial score (nSPS) is 10.1. The number of carbonyl (C=O) groups is 2. The van der Waals surface area contributed by atoms with E-state index in [4.69, 9.17) is 5.11 Å². The van der Waals surface area contributed by atoms with Gasteiger partial charge in [0.1, 0.15) is 5.69 Å². The van der Waals surface area contributed by atoms with E-state index in [2.05, 4.69) is 9.82 Å². The Labute approximate surface area is 108 Å². The fourth-order valence-corrected chi connectivity index (χ4v) is 1.47. The number of imidazole rings is 1. The van der Waals surface area contributed by atoms with Crippen molar-refractivity contribution in [1.29, 1.82) is 0 Å². The second kappa shape index (κ2) is 5.78. The van der Waals surface area contributed by atoms with E-state index in [1.54, 1.807) is 4.57 Å². The van der Waals surface area contributed by atoms with Crippen molar-refractivity contribution in [3.05, 3.63) is 48.5 Å². The van der Waals surface area contributed by atoms with Gasteiger partial charge in [-0.1, -0.05) is 18.2 Å². The van der Waals surface area contributed by atoms with Gasteiger partial charge in [0.2, 0.25) is 0 Å². The maximum Gasteiger partial charge on any atom is 0.332 e. The molecule has 1 amide bonds. The minimum atomic E-state index is -1.17. The number of hydrogen-bond donors (Lipinski definition) is 2. The molecule has 0 atom stereocenters. The first-order valence-corrected chi connectivity index (χ1v) is 5.40. The molecule has 7 heteroatoms. The van der Waals surface area contributed by atoms with Crippen molar-refractivity contribution < 1.29 is 19.5 Å². The predicted molar refractivity (Wildman–Crippen MR) is 64.6 cm³/mol. The minimum absolute atomic E-state index is 0.247. The zero-order chi connectivity index (χ0) is 13.7. The molecule has 1 aromatic carbocycles. The van der Waals surface area contributed by atoms with Crippen LogP contribution < -0.4 is 5.48 Å². The van der Waals surface area contributed by atoms with Gasteiger partial charge in [0, 0.05) is 5.69 Å². The first-order chi connectivity index (χ1) is 9.18. The van der Waals surface area contributed by atoms with Gasteiger partial charge >= 0.3 is 5.97 Å². The van der Waals surface area contributed by atoms with Crippen molar-refractivity contribution in [2.75, 3.05) is 6.61 Å². The average Bonchev–Trinajstić information content (AvgIpc) is 2.88. The SMILES string of the molecule is O=C(O)CONC(=O)c1cncn1-c1ccccc1. The van der Waals surface area contributed by atoms with Crippen LogP contribution in [0.25, 0.3) is 5.69 Å². The second-order valence-corrected chi connectivity index (χ2v) is 3.60. The number of hydroxylamine groups is 1. The van der Waals surface area contributed by atoms with Crippen molar-refractivity contribution in [3.8, 4) is 5.69 Å². The van der Waals surface area contributed by atoms with Crippen LogP contribution in [0.15, 0.2) is 42.9 Å². The maximum atomic E-state index is 11.8. The van der Waals surface area contributed by atoms with Crippen LogP contribution in [0.1, 0.15) is 10.5 Å². The molecule has 0 aliphatic heterocycles. The summed E-state index contributed by atoms with van der Waals surface area (Å²) in [6, 6.07) is 9.15. The van der Waals surface area contributed by atoms with Crippen molar-refractivity contribution in [2.45, 2.75) is 0 Å². The molecule has 0 saturated heterocycles. The Kier molecular flexibility index (Phi) is 3.89. The van der Waals surface area contributed by atoms with Crippen LogP contribution in [0.3, 0.4) is 0 Å². The number of rotatable bonds is 5. The fourth-order valence-electron chi connectivity index (χ4n) is 1.47. The van der Waals surface area contributed by atoms with Crippen LogP contribution in [-0.4, -0.2) is 33.1 Å². The molecule has 0 spiro atoms. The first-order valence-electron chi connectivity index (χ1n) is 5.40. The number of nitrogens with zero attached hydrogens (tertiary/aromatic N) is 2. The number of carbonyl (C=O) groups excluding carboxylic acids is 1. The zero-order valence-electron chi connectivity index (χ0n) is 9.81. The van der Waals surface area contributed by atoms with E-state index in [1.807, 2.05) is 35.8 Å². The summed E-state index contributed by atoms with van der Waals surface area (Å²) in [6.07, 6.45) is 2.86. The number of hydrogen-bond acceptors (Lipinski definition) is 4. The third-order valence-corrected chi connectivity index (χ3v) is 2.27. The lowest BCUT2D eigenvalue weighted by Gasteiger charge is -2.07. The van der Waals surface area contributed by atoms with Gasteiger partial charge in [-0.2, -0.15) is 0 Å². The highest BCUT2D eigenvalue weighted by atomic mass is 16.7. The molecular weight excluding hydrogens is 250 g/mol. The number of aromatic nitrogens is 2. The van der Waals surface area contributed by atoms with E-state index in [0.29, 0.717) is 0 Å². The standard InChI is InChI=1S/C12H11N3O4/c16-11(17)7-19-14-12(18)10-6-13-8-15(10)9-4-2-1-3-5-9/h1-6,8H,7H2,(H,14,18)(H,16,17). The molecular formula is C12H11N3O4. The molecule has 0 bridgehead atoms. The molecule has 0 aliphatic rings. The summed E-state index contributed by atoms with van der Waals surface area (Å²) in [5.41, 5.74) is 3.06. The number of nitrogens with one attached hydrogen (secondary N) is 1. The van der Waals surface area contributed by atoms with Gasteiger partial charge in [0.25, 0.3) is 5.91 Å². The summed E-state index contributed by atoms with van der Waals surface area (Å²) in [7, 11) is 0. The van der Waals surface area contributed by atoms with Crippen LogP contribution >= 0.6 is 0 Å². The predicted octanol–water partition coefficient (Wildman–Crippen LogP) is 0.618. The number of benzene rings is 1. The van der Waals surface area contributed by atoms with E-state index in [9.17, 15) is 9.59 Å². The molecule has 19 heavy (non-hydrogen) atoms. The van der Waals surface area contributed by atoms with E-state index in [0.717, 1.165) is 5.69 Å². The fraction of sp³-hybridized carbons (Fsp3) is 0.0833. The highest BCUT2D eigenvalue weighted by Gasteiger charge is 2.13. The number of aliphatic carboxylic acids is 1. The average molecular weight is 261 g/mol. The molecule has 7 nitrogen and oxygen atoms in total. The van der Waals surface area contributed by atoms with Crippen LogP contribution in [0, 0.1) is 0 Å². The Morgan fingerprint density at radius 3 is 2.74 bits per heavy atom. The summed E-state index contributed by atoms with van der Waals surface area (Å²) >= 11 is 0. The van der Waals surface area contributed by atoms with Gasteiger partial charge in [-0.3, -0.25) is 14.2 Å². The molecule has 0 radical (unpaired) electrons. The van der Waals surface area contributed by atoms with Crippen molar-refractivity contribution in [3.63, 3.8) is 0 Å². The molecule has 2 rings (SSSR count). The number of carboxylic acids is 1. The first kappa shape index (κ1) is 12.8. The lowest BCUT2D eigenvalue weighted by molar-refractivity contribution is -0.144. The van der Waals surface area contributed by atoms with Crippen LogP contribution in [0.4, 0.5) is 0 Å². The molecule has 0 aliphatic carbocycles. The molecule has 0 unspecified atom stereocenters. The Hall–Kier alpha value is -2.67. The molecule has 98 valence electrons. The topological polar surface area (TPSA) is 93.4 Å². The quantitative estimate of drug-likeness (QED) is 0.769. The summed E-state index contributed by atoms with van der Waals surface area (Å²) in [5.74, 6) is -1.74. The van der Waals surface area contributed by atoms with E-state index in [1.165, 1.54) is 12.5 Å². The molecule has 2 N–H and O–H groups in total. The van der Waals surface area contributed by atoms with Crippen LogP contribution in [-0.2, 0) is 9.63 Å². The Balaban J connectivity index is 2.11. The van der Waals surface area contributed by atoms with E-state index < -0.39 is 18.5 Å². The lowest BCUT2D eigenvalue weighted by atomic mass is 10.3. The molecule has 1 aromatic heterocycles. The van der Waals surface area contributed by atoms with Gasteiger partial charge in [0.15, 0.2) is 6.61 Å². The molecule has 1 heterocycles. The summed E-state index contributed by atoms with van der Waals surface area (Å²) in [5, 5.41) is 8.40. The number of amides is 1. The lowest BCUT2D eigenvalue weighted by Crippen LogP contribution is -2.28. The molecule has 2 aromatic rings. The van der Waals surface area contributed by atoms with Crippen molar-refractivity contribution >= 4 is 11.9 Å². The Bertz CT molecular complexity index is 580. The van der Waals surface area contributed by atoms with Gasteiger partial charge in [-0.15, -0.1) is 0 Å². The van der Waals surface area contributed by atoms with Gasteiger partial charge < -0.3 is 5.11 Å². The number of carboxylic acid groups (broad SMARTS) is 1.